The van der Waals surface area contributed by atoms with Crippen LogP contribution in [0.4, 0.5) is 0 Å². The van der Waals surface area contributed by atoms with Crippen LogP contribution in [0.5, 0.6) is 5.75 Å². The summed E-state index contributed by atoms with van der Waals surface area (Å²) >= 11 is 17.5. The maximum Gasteiger partial charge on any atom is 0.288 e. The van der Waals surface area contributed by atoms with Crippen molar-refractivity contribution in [3.8, 4) is 5.75 Å². The van der Waals surface area contributed by atoms with Gasteiger partial charge in [0.1, 0.15) is 17.4 Å². The molecule has 1 saturated heterocycles. The van der Waals surface area contributed by atoms with E-state index in [4.69, 9.17) is 39.5 Å². The molecule has 2 heterocycles. The molecule has 0 atom stereocenters. The Kier molecular flexibility index (Phi) is 6.78. The summed E-state index contributed by atoms with van der Waals surface area (Å²) in [5.41, 5.74) is -0.363. The number of piperazine rings is 1. The summed E-state index contributed by atoms with van der Waals surface area (Å²) in [5, 5.41) is 4.94. The number of halogens is 3. The number of aromatic nitrogens is 2. The average Bonchev–Trinajstić information content (AvgIpc) is 2.65. The Morgan fingerprint density at radius 3 is 2.35 bits per heavy atom. The third-order valence-corrected chi connectivity index (χ3v) is 5.23. The largest absolute Gasteiger partial charge is 0.492 e. The van der Waals surface area contributed by atoms with E-state index in [1.54, 1.807) is 0 Å². The van der Waals surface area contributed by atoms with Crippen LogP contribution in [0.25, 0.3) is 0 Å². The van der Waals surface area contributed by atoms with E-state index < -0.39 is 0 Å². The molecule has 9 heteroatoms. The topological polar surface area (TPSA) is 50.6 Å². The van der Waals surface area contributed by atoms with E-state index in [2.05, 4.69) is 14.9 Å². The molecule has 0 amide bonds. The predicted octanol–water partition coefficient (Wildman–Crippen LogP) is 2.86. The van der Waals surface area contributed by atoms with Gasteiger partial charge < -0.3 is 4.74 Å². The van der Waals surface area contributed by atoms with Crippen molar-refractivity contribution < 1.29 is 4.74 Å². The quantitative estimate of drug-likeness (QED) is 0.723. The Bertz CT molecular complexity index is 790. The monoisotopic (exact) mass is 416 g/mol. The van der Waals surface area contributed by atoms with Crippen molar-refractivity contribution in [2.24, 2.45) is 0 Å². The van der Waals surface area contributed by atoms with Crippen LogP contribution in [0, 0.1) is 0 Å². The van der Waals surface area contributed by atoms with Gasteiger partial charge in [0, 0.05) is 37.7 Å². The van der Waals surface area contributed by atoms with Crippen LogP contribution in [0.3, 0.4) is 0 Å². The fourth-order valence-corrected chi connectivity index (χ4v) is 3.11. The summed E-state index contributed by atoms with van der Waals surface area (Å²) in [5.74, 6) is 0.818. The van der Waals surface area contributed by atoms with E-state index >= 15 is 0 Å². The van der Waals surface area contributed by atoms with Crippen LogP contribution in [-0.4, -0.2) is 58.9 Å². The Hall–Kier alpha value is -1.31. The van der Waals surface area contributed by atoms with Crippen LogP contribution in [0.2, 0.25) is 15.1 Å². The van der Waals surface area contributed by atoms with E-state index in [0.29, 0.717) is 18.3 Å². The molecule has 1 aliphatic heterocycles. The van der Waals surface area contributed by atoms with Gasteiger partial charge in [0.2, 0.25) is 0 Å². The lowest BCUT2D eigenvalue weighted by Crippen LogP contribution is -2.48. The molecule has 1 aliphatic rings. The summed E-state index contributed by atoms with van der Waals surface area (Å²) in [6.45, 7) is 5.37. The molecule has 2 aromatic rings. The van der Waals surface area contributed by atoms with Crippen LogP contribution in [-0.2, 0) is 6.67 Å². The van der Waals surface area contributed by atoms with Crippen molar-refractivity contribution in [3.63, 3.8) is 0 Å². The standard InChI is InChI=1S/C17H19Cl3N4O2/c18-13-1-3-14(4-2-13)26-10-9-22-5-7-23(8-6-22)12-24-17(25)16(20)15(19)11-21-24/h1-4,11H,5-10,12H2. The molecular weight excluding hydrogens is 399 g/mol. The smallest absolute Gasteiger partial charge is 0.288 e. The summed E-state index contributed by atoms with van der Waals surface area (Å²) < 4.78 is 7.07. The Morgan fingerprint density at radius 1 is 1.00 bits per heavy atom. The predicted molar refractivity (Wildman–Crippen MR) is 103 cm³/mol. The van der Waals surface area contributed by atoms with E-state index in [-0.39, 0.29) is 15.6 Å². The normalized spacial score (nSPS) is 16.0. The summed E-state index contributed by atoms with van der Waals surface area (Å²) in [6, 6.07) is 7.35. The second kappa shape index (κ2) is 9.06. The van der Waals surface area contributed by atoms with Crippen molar-refractivity contribution in [2.75, 3.05) is 39.3 Å². The van der Waals surface area contributed by atoms with Gasteiger partial charge in [-0.3, -0.25) is 14.6 Å². The molecule has 1 aromatic carbocycles. The lowest BCUT2D eigenvalue weighted by molar-refractivity contribution is 0.0911. The summed E-state index contributed by atoms with van der Waals surface area (Å²) in [7, 11) is 0. The third kappa shape index (κ3) is 5.11. The number of nitrogens with zero attached hydrogens (tertiary/aromatic N) is 4. The van der Waals surface area contributed by atoms with Crippen molar-refractivity contribution in [2.45, 2.75) is 6.67 Å². The van der Waals surface area contributed by atoms with Gasteiger partial charge in [0.15, 0.2) is 0 Å². The highest BCUT2D eigenvalue weighted by molar-refractivity contribution is 6.41. The third-order valence-electron chi connectivity index (χ3n) is 4.23. The van der Waals surface area contributed by atoms with Gasteiger partial charge in [-0.25, -0.2) is 4.68 Å². The lowest BCUT2D eigenvalue weighted by Gasteiger charge is -2.34. The SMILES string of the molecule is O=c1c(Cl)c(Cl)cnn1CN1CCN(CCOc2ccc(Cl)cc2)CC1. The van der Waals surface area contributed by atoms with Crippen LogP contribution >= 0.6 is 34.8 Å². The van der Waals surface area contributed by atoms with Gasteiger partial charge in [-0.2, -0.15) is 5.10 Å². The van der Waals surface area contributed by atoms with E-state index in [1.165, 1.54) is 10.9 Å². The minimum Gasteiger partial charge on any atom is -0.492 e. The molecule has 0 aliphatic carbocycles. The lowest BCUT2D eigenvalue weighted by atomic mass is 10.3. The fraction of sp³-hybridized carbons (Fsp3) is 0.412. The highest BCUT2D eigenvalue weighted by Crippen LogP contribution is 2.16. The first-order valence-corrected chi connectivity index (χ1v) is 9.40. The number of hydrogen-bond acceptors (Lipinski definition) is 5. The first kappa shape index (κ1) is 19.5. The number of benzene rings is 1. The van der Waals surface area contributed by atoms with Crippen LogP contribution < -0.4 is 10.3 Å². The van der Waals surface area contributed by atoms with Crippen molar-refractivity contribution in [1.82, 2.24) is 19.6 Å². The molecule has 3 rings (SSSR count). The second-order valence-electron chi connectivity index (χ2n) is 6.01. The number of ether oxygens (including phenoxy) is 1. The average molecular weight is 418 g/mol. The maximum atomic E-state index is 12.0. The van der Waals surface area contributed by atoms with Crippen molar-refractivity contribution >= 4 is 34.8 Å². The molecule has 0 N–H and O–H groups in total. The molecule has 1 fully saturated rings. The highest BCUT2D eigenvalue weighted by atomic mass is 35.5. The number of rotatable bonds is 6. The van der Waals surface area contributed by atoms with Crippen molar-refractivity contribution in [3.05, 3.63) is 55.9 Å². The van der Waals surface area contributed by atoms with E-state index in [1.807, 2.05) is 24.3 Å². The first-order chi connectivity index (χ1) is 12.5. The van der Waals surface area contributed by atoms with Crippen molar-refractivity contribution in [1.29, 1.82) is 0 Å². The molecule has 26 heavy (non-hydrogen) atoms. The first-order valence-electron chi connectivity index (χ1n) is 8.27. The zero-order valence-corrected chi connectivity index (χ0v) is 16.3. The number of hydrogen-bond donors (Lipinski definition) is 0. The van der Waals surface area contributed by atoms with Gasteiger partial charge in [0.25, 0.3) is 5.56 Å². The maximum absolute atomic E-state index is 12.0. The second-order valence-corrected chi connectivity index (χ2v) is 7.24. The Morgan fingerprint density at radius 2 is 1.65 bits per heavy atom. The highest BCUT2D eigenvalue weighted by Gasteiger charge is 2.18. The molecule has 0 saturated carbocycles. The van der Waals surface area contributed by atoms with Gasteiger partial charge in [-0.15, -0.1) is 0 Å². The van der Waals surface area contributed by atoms with Gasteiger partial charge >= 0.3 is 0 Å². The summed E-state index contributed by atoms with van der Waals surface area (Å²) in [4.78, 5) is 16.5. The fourth-order valence-electron chi connectivity index (χ4n) is 2.71. The molecule has 0 spiro atoms. The summed E-state index contributed by atoms with van der Waals surface area (Å²) in [6.07, 6.45) is 1.40. The molecule has 0 radical (unpaired) electrons. The molecule has 0 bridgehead atoms. The van der Waals surface area contributed by atoms with Crippen LogP contribution in [0.1, 0.15) is 0 Å². The molecular formula is C17H19Cl3N4O2. The Labute approximate surface area is 166 Å². The molecule has 6 nitrogen and oxygen atoms in total. The minimum atomic E-state index is -0.363. The molecule has 140 valence electrons. The molecule has 0 unspecified atom stereocenters. The van der Waals surface area contributed by atoms with Gasteiger partial charge in [0.05, 0.1) is 17.9 Å². The Balaban J connectivity index is 1.42. The zero-order valence-electron chi connectivity index (χ0n) is 14.1. The van der Waals surface area contributed by atoms with Crippen LogP contribution in [0.15, 0.2) is 35.3 Å². The van der Waals surface area contributed by atoms with E-state index in [0.717, 1.165) is 38.5 Å². The zero-order chi connectivity index (χ0) is 18.5. The van der Waals surface area contributed by atoms with Gasteiger partial charge in [-0.1, -0.05) is 34.8 Å². The van der Waals surface area contributed by atoms with E-state index in [9.17, 15) is 4.79 Å². The minimum absolute atomic E-state index is 0.0136. The molecule has 1 aromatic heterocycles. The van der Waals surface area contributed by atoms with Gasteiger partial charge in [-0.05, 0) is 24.3 Å².